The van der Waals surface area contributed by atoms with E-state index in [1.54, 1.807) is 0 Å². The van der Waals surface area contributed by atoms with Gasteiger partial charge in [-0.15, -0.1) is 0 Å². The fourth-order valence-electron chi connectivity index (χ4n) is 2.65. The molecule has 0 atom stereocenters. The van der Waals surface area contributed by atoms with Crippen LogP contribution in [0.3, 0.4) is 0 Å². The van der Waals surface area contributed by atoms with E-state index in [2.05, 4.69) is 19.1 Å². The number of hydrogen-bond acceptors (Lipinski definition) is 1. The van der Waals surface area contributed by atoms with Crippen LogP contribution in [0.25, 0.3) is 0 Å². The van der Waals surface area contributed by atoms with Crippen molar-refractivity contribution in [2.45, 2.75) is 110 Å². The van der Waals surface area contributed by atoms with Crippen LogP contribution in [0.2, 0.25) is 0 Å². The smallest absolute Gasteiger partial charge is 0.119 e. The summed E-state index contributed by atoms with van der Waals surface area (Å²) in [6.07, 6.45) is 26.6. The Kier molecular flexibility index (Phi) is 18.9. The second-order valence-electron chi connectivity index (χ2n) is 6.25. The Labute approximate surface area is 133 Å². The standard InChI is InChI=1S/C20H38O/c1-2-3-4-5-6-7-8-9-10-11-12-13-14-15-16-17-18-19-20-21/h10-11,20H,2-9,12-19H2,1H3/b11-10-. The fourth-order valence-corrected chi connectivity index (χ4v) is 2.65. The van der Waals surface area contributed by atoms with Crippen LogP contribution in [0, 0.1) is 0 Å². The molecule has 0 saturated carbocycles. The molecule has 1 nitrogen and oxygen atoms in total. The van der Waals surface area contributed by atoms with E-state index in [4.69, 9.17) is 0 Å². The van der Waals surface area contributed by atoms with Crippen LogP contribution in [0.15, 0.2) is 12.2 Å². The highest BCUT2D eigenvalue weighted by molar-refractivity contribution is 5.48. The van der Waals surface area contributed by atoms with Crippen LogP contribution in [0.1, 0.15) is 110 Å². The van der Waals surface area contributed by atoms with Crippen molar-refractivity contribution in [3.63, 3.8) is 0 Å². The zero-order valence-electron chi connectivity index (χ0n) is 14.5. The Balaban J connectivity index is 3.03. The van der Waals surface area contributed by atoms with Crippen molar-refractivity contribution in [3.8, 4) is 0 Å². The van der Waals surface area contributed by atoms with Crippen molar-refractivity contribution < 1.29 is 4.79 Å². The minimum Gasteiger partial charge on any atom is -0.303 e. The third kappa shape index (κ3) is 19.4. The van der Waals surface area contributed by atoms with Gasteiger partial charge in [0.05, 0.1) is 0 Å². The Hall–Kier alpha value is -0.590. The molecule has 0 amide bonds. The number of unbranched alkanes of at least 4 members (excludes halogenated alkanes) is 14. The van der Waals surface area contributed by atoms with E-state index < -0.39 is 0 Å². The van der Waals surface area contributed by atoms with E-state index in [0.29, 0.717) is 0 Å². The summed E-state index contributed by atoms with van der Waals surface area (Å²) in [5.74, 6) is 0. The van der Waals surface area contributed by atoms with Gasteiger partial charge < -0.3 is 4.79 Å². The SMILES string of the molecule is CCCCCCCCC/C=C\CCCCCCCCC=O. The predicted octanol–water partition coefficient (Wildman–Crippen LogP) is 7.00. The maximum Gasteiger partial charge on any atom is 0.119 e. The van der Waals surface area contributed by atoms with Gasteiger partial charge in [0.15, 0.2) is 0 Å². The molecule has 0 bridgehead atoms. The highest BCUT2D eigenvalue weighted by atomic mass is 16.1. The van der Waals surface area contributed by atoms with Crippen molar-refractivity contribution in [2.24, 2.45) is 0 Å². The minimum absolute atomic E-state index is 0.751. The summed E-state index contributed by atoms with van der Waals surface area (Å²) in [6, 6.07) is 0. The molecule has 0 aliphatic rings. The van der Waals surface area contributed by atoms with Crippen LogP contribution in [-0.4, -0.2) is 6.29 Å². The van der Waals surface area contributed by atoms with Gasteiger partial charge in [-0.2, -0.15) is 0 Å². The first-order chi connectivity index (χ1) is 10.4. The van der Waals surface area contributed by atoms with E-state index in [-0.39, 0.29) is 0 Å². The van der Waals surface area contributed by atoms with E-state index in [0.717, 1.165) is 19.1 Å². The van der Waals surface area contributed by atoms with Gasteiger partial charge in [0.2, 0.25) is 0 Å². The second kappa shape index (κ2) is 19.4. The summed E-state index contributed by atoms with van der Waals surface area (Å²) in [4.78, 5) is 10.2. The second-order valence-corrected chi connectivity index (χ2v) is 6.25. The minimum atomic E-state index is 0.751. The molecule has 0 saturated heterocycles. The molecule has 1 heteroatoms. The number of rotatable bonds is 17. The Bertz CT molecular complexity index is 220. The first-order valence-corrected chi connectivity index (χ1v) is 9.50. The lowest BCUT2D eigenvalue weighted by molar-refractivity contribution is -0.107. The molecule has 124 valence electrons. The maximum absolute atomic E-state index is 10.2. The summed E-state index contributed by atoms with van der Waals surface area (Å²) >= 11 is 0. The number of allylic oxidation sites excluding steroid dienone is 2. The number of carbonyl (C=O) groups excluding carboxylic acids is 1. The first-order valence-electron chi connectivity index (χ1n) is 9.50. The Morgan fingerprint density at radius 2 is 0.905 bits per heavy atom. The van der Waals surface area contributed by atoms with Crippen LogP contribution in [0.5, 0.6) is 0 Å². The van der Waals surface area contributed by atoms with E-state index in [9.17, 15) is 4.79 Å². The molecule has 0 radical (unpaired) electrons. The summed E-state index contributed by atoms with van der Waals surface area (Å²) in [5, 5.41) is 0. The lowest BCUT2D eigenvalue weighted by atomic mass is 10.1. The Morgan fingerprint density at radius 1 is 0.524 bits per heavy atom. The molecule has 0 aromatic carbocycles. The van der Waals surface area contributed by atoms with Gasteiger partial charge in [0.25, 0.3) is 0 Å². The van der Waals surface area contributed by atoms with Gasteiger partial charge in [-0.25, -0.2) is 0 Å². The highest BCUT2D eigenvalue weighted by Gasteiger charge is 1.91. The zero-order chi connectivity index (χ0) is 15.4. The largest absolute Gasteiger partial charge is 0.303 e. The summed E-state index contributed by atoms with van der Waals surface area (Å²) in [6.45, 7) is 2.28. The summed E-state index contributed by atoms with van der Waals surface area (Å²) < 4.78 is 0. The highest BCUT2D eigenvalue weighted by Crippen LogP contribution is 2.10. The fraction of sp³-hybridized carbons (Fsp3) is 0.850. The molecule has 0 spiro atoms. The predicted molar refractivity (Wildman–Crippen MR) is 94.8 cm³/mol. The van der Waals surface area contributed by atoms with Gasteiger partial charge in [-0.3, -0.25) is 0 Å². The van der Waals surface area contributed by atoms with E-state index >= 15 is 0 Å². The van der Waals surface area contributed by atoms with Crippen molar-refractivity contribution in [1.29, 1.82) is 0 Å². The van der Waals surface area contributed by atoms with Crippen LogP contribution >= 0.6 is 0 Å². The van der Waals surface area contributed by atoms with Gasteiger partial charge >= 0.3 is 0 Å². The topological polar surface area (TPSA) is 17.1 Å². The number of hydrogen-bond donors (Lipinski definition) is 0. The quantitative estimate of drug-likeness (QED) is 0.160. The lowest BCUT2D eigenvalue weighted by Crippen LogP contribution is -1.81. The van der Waals surface area contributed by atoms with Crippen LogP contribution in [0.4, 0.5) is 0 Å². The molecule has 0 rings (SSSR count). The van der Waals surface area contributed by atoms with Crippen molar-refractivity contribution in [2.75, 3.05) is 0 Å². The molecular weight excluding hydrogens is 256 g/mol. The monoisotopic (exact) mass is 294 g/mol. The van der Waals surface area contributed by atoms with Crippen molar-refractivity contribution in [3.05, 3.63) is 12.2 Å². The molecule has 0 heterocycles. The van der Waals surface area contributed by atoms with Gasteiger partial charge in [0.1, 0.15) is 6.29 Å². The molecule has 0 aromatic rings. The van der Waals surface area contributed by atoms with Crippen molar-refractivity contribution in [1.82, 2.24) is 0 Å². The molecule has 0 unspecified atom stereocenters. The van der Waals surface area contributed by atoms with Crippen LogP contribution < -0.4 is 0 Å². The van der Waals surface area contributed by atoms with Gasteiger partial charge in [0, 0.05) is 6.42 Å². The Morgan fingerprint density at radius 3 is 1.33 bits per heavy atom. The van der Waals surface area contributed by atoms with Crippen molar-refractivity contribution >= 4 is 6.29 Å². The molecule has 21 heavy (non-hydrogen) atoms. The first kappa shape index (κ1) is 20.4. The molecule has 0 aliphatic carbocycles. The molecule has 0 aliphatic heterocycles. The number of carbonyl (C=O) groups is 1. The average molecular weight is 295 g/mol. The van der Waals surface area contributed by atoms with E-state index in [1.165, 1.54) is 89.9 Å². The third-order valence-electron chi connectivity index (χ3n) is 4.08. The zero-order valence-corrected chi connectivity index (χ0v) is 14.5. The third-order valence-corrected chi connectivity index (χ3v) is 4.08. The molecule has 0 fully saturated rings. The number of aldehydes is 1. The van der Waals surface area contributed by atoms with Crippen LogP contribution in [-0.2, 0) is 4.79 Å². The molecule has 0 aromatic heterocycles. The van der Waals surface area contributed by atoms with Gasteiger partial charge in [-0.1, -0.05) is 83.3 Å². The molecular formula is C20H38O. The molecule has 0 N–H and O–H groups in total. The normalized spacial score (nSPS) is 11.3. The summed E-state index contributed by atoms with van der Waals surface area (Å²) in [5.41, 5.74) is 0. The summed E-state index contributed by atoms with van der Waals surface area (Å²) in [7, 11) is 0. The average Bonchev–Trinajstić information content (AvgIpc) is 2.50. The maximum atomic E-state index is 10.2. The lowest BCUT2D eigenvalue weighted by Gasteiger charge is -1.99. The van der Waals surface area contributed by atoms with E-state index in [1.807, 2.05) is 0 Å². The van der Waals surface area contributed by atoms with Gasteiger partial charge in [-0.05, 0) is 32.1 Å².